The van der Waals surface area contributed by atoms with E-state index in [9.17, 15) is 9.59 Å². The van der Waals surface area contributed by atoms with E-state index in [1.54, 1.807) is 36.4 Å². The third kappa shape index (κ3) is 4.60. The second kappa shape index (κ2) is 8.01. The van der Waals surface area contributed by atoms with Gasteiger partial charge < -0.3 is 21.5 Å². The molecule has 0 bridgehead atoms. The molecule has 7 nitrogen and oxygen atoms in total. The van der Waals surface area contributed by atoms with Crippen molar-refractivity contribution < 1.29 is 14.7 Å². The first-order valence-electron chi connectivity index (χ1n) is 8.22. The van der Waals surface area contributed by atoms with Gasteiger partial charge in [0.1, 0.15) is 0 Å². The van der Waals surface area contributed by atoms with Gasteiger partial charge in [-0.2, -0.15) is 0 Å². The zero-order valence-electron chi connectivity index (χ0n) is 14.3. The molecule has 0 spiro atoms. The molecule has 0 saturated heterocycles. The van der Waals surface area contributed by atoms with E-state index in [1.165, 1.54) is 0 Å². The molecule has 5 N–H and O–H groups in total. The number of carbonyl (C=O) groups is 2. The smallest absolute Gasteiger partial charge is 0.404 e. The number of hydrogen-bond acceptors (Lipinski definition) is 4. The Labute approximate surface area is 155 Å². The molecule has 0 atom stereocenters. The van der Waals surface area contributed by atoms with Crippen molar-refractivity contribution in [2.75, 3.05) is 11.1 Å². The topological polar surface area (TPSA) is 117 Å². The van der Waals surface area contributed by atoms with Crippen LogP contribution in [0, 0.1) is 0 Å². The number of benzene rings is 2. The molecule has 0 unspecified atom stereocenters. The fourth-order valence-corrected chi connectivity index (χ4v) is 2.47. The minimum absolute atomic E-state index is 0.171. The van der Waals surface area contributed by atoms with Crippen LogP contribution in [-0.4, -0.2) is 22.1 Å². The number of amides is 2. The van der Waals surface area contributed by atoms with Crippen molar-refractivity contribution in [3.05, 3.63) is 77.9 Å². The largest absolute Gasteiger partial charge is 0.465 e. The third-order valence-electron chi connectivity index (χ3n) is 3.89. The van der Waals surface area contributed by atoms with Crippen LogP contribution in [0.3, 0.4) is 0 Å². The Bertz CT molecular complexity index is 957. The number of nitrogens with one attached hydrogen (secondary N) is 2. The summed E-state index contributed by atoms with van der Waals surface area (Å²) >= 11 is 0. The van der Waals surface area contributed by atoms with E-state index in [0.29, 0.717) is 16.9 Å². The lowest BCUT2D eigenvalue weighted by molar-refractivity contribution is 0.102. The van der Waals surface area contributed by atoms with Gasteiger partial charge in [-0.1, -0.05) is 42.5 Å². The first-order chi connectivity index (χ1) is 13.0. The number of hydrogen-bond donors (Lipinski definition) is 4. The first kappa shape index (κ1) is 17.9. The maximum atomic E-state index is 12.5. The predicted molar refractivity (Wildman–Crippen MR) is 103 cm³/mol. The molecule has 2 aromatic carbocycles. The fourth-order valence-electron chi connectivity index (χ4n) is 2.47. The maximum Gasteiger partial charge on any atom is 0.404 e. The van der Waals surface area contributed by atoms with Crippen molar-refractivity contribution >= 4 is 23.5 Å². The van der Waals surface area contributed by atoms with Crippen molar-refractivity contribution in [3.63, 3.8) is 0 Å². The number of rotatable bonds is 5. The van der Waals surface area contributed by atoms with Crippen LogP contribution in [0.15, 0.2) is 66.7 Å². The molecule has 0 aliphatic carbocycles. The second-order valence-electron chi connectivity index (χ2n) is 5.81. The number of aromatic nitrogens is 1. The summed E-state index contributed by atoms with van der Waals surface area (Å²) in [5.74, 6) is -0.0601. The molecule has 2 amide bonds. The van der Waals surface area contributed by atoms with E-state index in [4.69, 9.17) is 10.8 Å². The number of carbonyl (C=O) groups excluding carboxylic acids is 1. The number of carboxylic acid groups (broad SMARTS) is 1. The Hall–Kier alpha value is -3.87. The van der Waals surface area contributed by atoms with E-state index in [2.05, 4.69) is 15.6 Å². The van der Waals surface area contributed by atoms with Gasteiger partial charge in [0, 0.05) is 17.7 Å². The van der Waals surface area contributed by atoms with Crippen molar-refractivity contribution in [2.24, 2.45) is 0 Å². The zero-order chi connectivity index (χ0) is 19.2. The summed E-state index contributed by atoms with van der Waals surface area (Å²) in [6, 6.07) is 19.7. The Kier molecular flexibility index (Phi) is 5.32. The average molecular weight is 362 g/mol. The summed E-state index contributed by atoms with van der Waals surface area (Å²) in [5.41, 5.74) is 9.10. The number of pyridine rings is 1. The summed E-state index contributed by atoms with van der Waals surface area (Å²) in [6.45, 7) is 0.171. The highest BCUT2D eigenvalue weighted by atomic mass is 16.4. The number of nitrogens with zero attached hydrogens (tertiary/aromatic N) is 1. The molecule has 27 heavy (non-hydrogen) atoms. The van der Waals surface area contributed by atoms with Gasteiger partial charge in [-0.25, -0.2) is 9.78 Å². The van der Waals surface area contributed by atoms with E-state index in [1.807, 2.05) is 30.3 Å². The molecule has 0 fully saturated rings. The first-order valence-corrected chi connectivity index (χ1v) is 8.22. The second-order valence-corrected chi connectivity index (χ2v) is 5.81. The van der Waals surface area contributed by atoms with Crippen LogP contribution in [0.2, 0.25) is 0 Å². The van der Waals surface area contributed by atoms with Crippen molar-refractivity contribution in [3.8, 4) is 11.3 Å². The normalized spacial score (nSPS) is 10.2. The highest BCUT2D eigenvalue weighted by molar-refractivity contribution is 6.05. The molecule has 136 valence electrons. The van der Waals surface area contributed by atoms with Gasteiger partial charge in [0.15, 0.2) is 5.82 Å². The molecule has 3 rings (SSSR count). The lowest BCUT2D eigenvalue weighted by Gasteiger charge is -2.10. The molecule has 3 aromatic rings. The van der Waals surface area contributed by atoms with Crippen molar-refractivity contribution in [2.45, 2.75) is 6.54 Å². The summed E-state index contributed by atoms with van der Waals surface area (Å²) < 4.78 is 0. The Morgan fingerprint density at radius 1 is 0.963 bits per heavy atom. The van der Waals surface area contributed by atoms with E-state index < -0.39 is 6.09 Å². The highest BCUT2D eigenvalue weighted by Gasteiger charge is 2.11. The van der Waals surface area contributed by atoms with Gasteiger partial charge in [0.2, 0.25) is 0 Å². The van der Waals surface area contributed by atoms with Crippen molar-refractivity contribution in [1.29, 1.82) is 0 Å². The van der Waals surface area contributed by atoms with Crippen LogP contribution in [0.5, 0.6) is 0 Å². The van der Waals surface area contributed by atoms with E-state index in [-0.39, 0.29) is 18.3 Å². The Morgan fingerprint density at radius 3 is 2.33 bits per heavy atom. The molecule has 0 radical (unpaired) electrons. The molecule has 1 heterocycles. The molecule has 7 heteroatoms. The minimum atomic E-state index is -1.10. The standard InChI is InChI=1S/C20H18N4O3/c21-16-10-11-17(14-4-2-1-3-5-14)23-18(16)24-19(25)15-8-6-13(7-9-15)12-22-20(26)27/h1-11,22H,12,21H2,(H,26,27)(H,23,24,25). The van der Waals surface area contributed by atoms with E-state index >= 15 is 0 Å². The fraction of sp³-hybridized carbons (Fsp3) is 0.0500. The number of nitrogen functional groups attached to an aromatic ring is 1. The quantitative estimate of drug-likeness (QED) is 0.555. The molecular weight excluding hydrogens is 344 g/mol. The van der Waals surface area contributed by atoms with Gasteiger partial charge in [-0.15, -0.1) is 0 Å². The predicted octanol–water partition coefficient (Wildman–Crippen LogP) is 3.35. The lowest BCUT2D eigenvalue weighted by Crippen LogP contribution is -2.20. The lowest BCUT2D eigenvalue weighted by atomic mass is 10.1. The SMILES string of the molecule is Nc1ccc(-c2ccccc2)nc1NC(=O)c1ccc(CNC(=O)O)cc1. The third-order valence-corrected chi connectivity index (χ3v) is 3.89. The molecular formula is C20H18N4O3. The van der Waals surface area contributed by atoms with Gasteiger partial charge in [-0.3, -0.25) is 4.79 Å². The summed E-state index contributed by atoms with van der Waals surface area (Å²) in [7, 11) is 0. The van der Waals surface area contributed by atoms with E-state index in [0.717, 1.165) is 11.1 Å². The van der Waals surface area contributed by atoms with Crippen molar-refractivity contribution in [1.82, 2.24) is 10.3 Å². The van der Waals surface area contributed by atoms with Gasteiger partial charge in [0.05, 0.1) is 11.4 Å². The number of nitrogens with two attached hydrogens (primary N) is 1. The number of anilines is 2. The van der Waals surface area contributed by atoms with Gasteiger partial charge in [0.25, 0.3) is 5.91 Å². The van der Waals surface area contributed by atoms with Crippen LogP contribution in [0.1, 0.15) is 15.9 Å². The Balaban J connectivity index is 1.75. The van der Waals surface area contributed by atoms with Crippen LogP contribution >= 0.6 is 0 Å². The molecule has 0 aliphatic rings. The van der Waals surface area contributed by atoms with Crippen LogP contribution in [0.25, 0.3) is 11.3 Å². The summed E-state index contributed by atoms with van der Waals surface area (Å²) in [6.07, 6.45) is -1.10. The molecule has 0 aliphatic heterocycles. The molecule has 1 aromatic heterocycles. The van der Waals surface area contributed by atoms with Gasteiger partial charge in [-0.05, 0) is 29.8 Å². The monoisotopic (exact) mass is 362 g/mol. The highest BCUT2D eigenvalue weighted by Crippen LogP contribution is 2.23. The van der Waals surface area contributed by atoms with Crippen LogP contribution in [-0.2, 0) is 6.54 Å². The summed E-state index contributed by atoms with van der Waals surface area (Å²) in [5, 5.41) is 13.6. The maximum absolute atomic E-state index is 12.5. The van der Waals surface area contributed by atoms with Crippen LogP contribution in [0.4, 0.5) is 16.3 Å². The zero-order valence-corrected chi connectivity index (χ0v) is 14.3. The summed E-state index contributed by atoms with van der Waals surface area (Å²) in [4.78, 5) is 27.4. The molecule has 0 saturated carbocycles. The Morgan fingerprint density at radius 2 is 1.67 bits per heavy atom. The minimum Gasteiger partial charge on any atom is -0.465 e. The average Bonchev–Trinajstić information content (AvgIpc) is 2.69. The van der Waals surface area contributed by atoms with Crippen LogP contribution < -0.4 is 16.4 Å². The van der Waals surface area contributed by atoms with Gasteiger partial charge >= 0.3 is 6.09 Å².